The molecule has 1 rings (SSSR count). The molecule has 2 heteroatoms. The second kappa shape index (κ2) is 6.41. The zero-order chi connectivity index (χ0) is 10.4. The van der Waals surface area contributed by atoms with Crippen LogP contribution in [-0.2, 0) is 0 Å². The van der Waals surface area contributed by atoms with Crippen molar-refractivity contribution in [3.05, 3.63) is 0 Å². The first-order valence-corrected chi connectivity index (χ1v) is 6.22. The van der Waals surface area contributed by atoms with Gasteiger partial charge in [0.05, 0.1) is 0 Å². The number of nitrogens with zero attached hydrogens (tertiary/aromatic N) is 1. The molecule has 84 valence electrons. The van der Waals surface area contributed by atoms with Crippen molar-refractivity contribution in [3.63, 3.8) is 0 Å². The van der Waals surface area contributed by atoms with Crippen LogP contribution in [0.15, 0.2) is 0 Å². The number of nitrogens with one attached hydrogen (secondary N) is 1. The lowest BCUT2D eigenvalue weighted by Gasteiger charge is -2.40. The molecule has 0 radical (unpaired) electrons. The number of hydrogen-bond donors (Lipinski definition) is 1. The second-order valence-corrected chi connectivity index (χ2v) is 4.50. The fourth-order valence-corrected chi connectivity index (χ4v) is 2.19. The van der Waals surface area contributed by atoms with Crippen LogP contribution in [0.25, 0.3) is 0 Å². The van der Waals surface area contributed by atoms with Crippen LogP contribution in [-0.4, -0.2) is 37.1 Å². The molecule has 0 aliphatic heterocycles. The normalized spacial score (nSPS) is 19.7. The molecule has 0 amide bonds. The maximum absolute atomic E-state index is 3.48. The molecule has 1 aliphatic carbocycles. The summed E-state index contributed by atoms with van der Waals surface area (Å²) in [6.07, 6.45) is 6.91. The SMILES string of the molecule is CCCC(CNCC)N(C)C1CCC1. The lowest BCUT2D eigenvalue weighted by Crippen LogP contribution is -2.48. The molecule has 1 N–H and O–H groups in total. The monoisotopic (exact) mass is 198 g/mol. The van der Waals surface area contributed by atoms with Crippen LogP contribution in [0.4, 0.5) is 0 Å². The molecule has 0 aromatic heterocycles. The standard InChI is InChI=1S/C12H26N2/c1-4-7-12(10-13-5-2)14(3)11-8-6-9-11/h11-13H,4-10H2,1-3H3. The largest absolute Gasteiger partial charge is 0.315 e. The third-order valence-electron chi connectivity index (χ3n) is 3.48. The third-order valence-corrected chi connectivity index (χ3v) is 3.48. The highest BCUT2D eigenvalue weighted by molar-refractivity contribution is 4.83. The maximum Gasteiger partial charge on any atom is 0.0220 e. The molecule has 0 heterocycles. The average Bonchev–Trinajstić information content (AvgIpc) is 2.09. The zero-order valence-electron chi connectivity index (χ0n) is 10.1. The van der Waals surface area contributed by atoms with Gasteiger partial charge in [0.1, 0.15) is 0 Å². The molecule has 2 nitrogen and oxygen atoms in total. The van der Waals surface area contributed by atoms with Gasteiger partial charge < -0.3 is 5.32 Å². The maximum atomic E-state index is 3.48. The van der Waals surface area contributed by atoms with E-state index in [-0.39, 0.29) is 0 Å². The van der Waals surface area contributed by atoms with Crippen LogP contribution < -0.4 is 5.32 Å². The van der Waals surface area contributed by atoms with Crippen molar-refractivity contribution in [2.24, 2.45) is 0 Å². The van der Waals surface area contributed by atoms with Crippen molar-refractivity contribution < 1.29 is 0 Å². The highest BCUT2D eigenvalue weighted by Gasteiger charge is 2.26. The molecule has 1 fully saturated rings. The summed E-state index contributed by atoms with van der Waals surface area (Å²) in [6.45, 7) is 6.73. The predicted molar refractivity (Wildman–Crippen MR) is 62.6 cm³/mol. The molecule has 1 aliphatic rings. The van der Waals surface area contributed by atoms with Crippen molar-refractivity contribution >= 4 is 0 Å². The summed E-state index contributed by atoms with van der Waals surface area (Å²) in [5, 5.41) is 3.48. The summed E-state index contributed by atoms with van der Waals surface area (Å²) in [6, 6.07) is 1.63. The Morgan fingerprint density at radius 3 is 2.50 bits per heavy atom. The van der Waals surface area contributed by atoms with Gasteiger partial charge in [-0.2, -0.15) is 0 Å². The Labute approximate surface area is 89.1 Å². The van der Waals surface area contributed by atoms with Crippen LogP contribution in [0.2, 0.25) is 0 Å². The van der Waals surface area contributed by atoms with Gasteiger partial charge in [-0.15, -0.1) is 0 Å². The van der Waals surface area contributed by atoms with Gasteiger partial charge in [-0.25, -0.2) is 0 Å². The topological polar surface area (TPSA) is 15.3 Å². The van der Waals surface area contributed by atoms with Crippen LogP contribution >= 0.6 is 0 Å². The van der Waals surface area contributed by atoms with Crippen molar-refractivity contribution in [3.8, 4) is 0 Å². The summed E-state index contributed by atoms with van der Waals surface area (Å²) < 4.78 is 0. The van der Waals surface area contributed by atoms with Gasteiger partial charge in [0.15, 0.2) is 0 Å². The van der Waals surface area contributed by atoms with E-state index in [2.05, 4.69) is 31.1 Å². The van der Waals surface area contributed by atoms with Gasteiger partial charge in [-0.05, 0) is 32.9 Å². The number of likely N-dealkylation sites (N-methyl/N-ethyl adjacent to an activating group) is 2. The third kappa shape index (κ3) is 3.25. The molecule has 1 atom stereocenters. The lowest BCUT2D eigenvalue weighted by atomic mass is 9.90. The predicted octanol–water partition coefficient (Wildman–Crippen LogP) is 2.25. The van der Waals surface area contributed by atoms with Crippen molar-refractivity contribution in [2.45, 2.75) is 58.0 Å². The van der Waals surface area contributed by atoms with E-state index in [0.717, 1.165) is 25.2 Å². The van der Waals surface area contributed by atoms with Crippen molar-refractivity contribution in [1.82, 2.24) is 10.2 Å². The first-order valence-electron chi connectivity index (χ1n) is 6.22. The fraction of sp³-hybridized carbons (Fsp3) is 1.00. The van der Waals surface area contributed by atoms with Gasteiger partial charge in [0, 0.05) is 18.6 Å². The second-order valence-electron chi connectivity index (χ2n) is 4.50. The first-order chi connectivity index (χ1) is 6.79. The molecule has 0 spiro atoms. The summed E-state index contributed by atoms with van der Waals surface area (Å²) in [5.41, 5.74) is 0. The average molecular weight is 198 g/mol. The Bertz CT molecular complexity index is 143. The van der Waals surface area contributed by atoms with Gasteiger partial charge >= 0.3 is 0 Å². The summed E-state index contributed by atoms with van der Waals surface area (Å²) in [5.74, 6) is 0. The lowest BCUT2D eigenvalue weighted by molar-refractivity contribution is 0.103. The molecular formula is C12H26N2. The van der Waals surface area contributed by atoms with Gasteiger partial charge in [-0.3, -0.25) is 4.90 Å². The van der Waals surface area contributed by atoms with Crippen LogP contribution in [0.5, 0.6) is 0 Å². The van der Waals surface area contributed by atoms with Gasteiger partial charge in [0.25, 0.3) is 0 Å². The molecule has 14 heavy (non-hydrogen) atoms. The summed E-state index contributed by atoms with van der Waals surface area (Å²) >= 11 is 0. The first kappa shape index (κ1) is 12.0. The Balaban J connectivity index is 2.30. The minimum atomic E-state index is 0.755. The minimum Gasteiger partial charge on any atom is -0.315 e. The van der Waals surface area contributed by atoms with E-state index in [1.54, 1.807) is 0 Å². The molecule has 0 aromatic carbocycles. The van der Waals surface area contributed by atoms with Crippen LogP contribution in [0.1, 0.15) is 46.0 Å². The van der Waals surface area contributed by atoms with E-state index in [4.69, 9.17) is 0 Å². The zero-order valence-corrected chi connectivity index (χ0v) is 10.1. The van der Waals surface area contributed by atoms with Crippen LogP contribution in [0, 0.1) is 0 Å². The molecular weight excluding hydrogens is 172 g/mol. The van der Waals surface area contributed by atoms with E-state index in [1.165, 1.54) is 32.1 Å². The Morgan fingerprint density at radius 1 is 1.36 bits per heavy atom. The van der Waals surface area contributed by atoms with Crippen molar-refractivity contribution in [2.75, 3.05) is 20.1 Å². The number of rotatable bonds is 7. The Hall–Kier alpha value is -0.0800. The Morgan fingerprint density at radius 2 is 2.07 bits per heavy atom. The number of hydrogen-bond acceptors (Lipinski definition) is 2. The molecule has 0 saturated heterocycles. The van der Waals surface area contributed by atoms with Crippen molar-refractivity contribution in [1.29, 1.82) is 0 Å². The minimum absolute atomic E-state index is 0.755. The van der Waals surface area contributed by atoms with Gasteiger partial charge in [-0.1, -0.05) is 26.7 Å². The fourth-order valence-electron chi connectivity index (χ4n) is 2.19. The summed E-state index contributed by atoms with van der Waals surface area (Å²) in [4.78, 5) is 2.61. The van der Waals surface area contributed by atoms with E-state index < -0.39 is 0 Å². The van der Waals surface area contributed by atoms with Gasteiger partial charge in [0.2, 0.25) is 0 Å². The van der Waals surface area contributed by atoms with E-state index in [0.29, 0.717) is 0 Å². The highest BCUT2D eigenvalue weighted by Crippen LogP contribution is 2.25. The van der Waals surface area contributed by atoms with Crippen LogP contribution in [0.3, 0.4) is 0 Å². The summed E-state index contributed by atoms with van der Waals surface area (Å²) in [7, 11) is 2.31. The van der Waals surface area contributed by atoms with E-state index in [1.807, 2.05) is 0 Å². The van der Waals surface area contributed by atoms with E-state index in [9.17, 15) is 0 Å². The molecule has 1 unspecified atom stereocenters. The highest BCUT2D eigenvalue weighted by atomic mass is 15.2. The molecule has 0 bridgehead atoms. The molecule has 0 aromatic rings. The van der Waals surface area contributed by atoms with E-state index >= 15 is 0 Å². The Kier molecular flexibility index (Phi) is 5.49. The molecule has 1 saturated carbocycles. The quantitative estimate of drug-likeness (QED) is 0.675. The smallest absolute Gasteiger partial charge is 0.0220 e.